The van der Waals surface area contributed by atoms with Crippen molar-refractivity contribution in [1.29, 1.82) is 0 Å². The third-order valence-electron chi connectivity index (χ3n) is 0. The summed E-state index contributed by atoms with van der Waals surface area (Å²) in [4.78, 5) is 21.6. The van der Waals surface area contributed by atoms with Crippen molar-refractivity contribution in [2.75, 3.05) is 0 Å². The van der Waals surface area contributed by atoms with Crippen LogP contribution in [-0.4, -0.2) is 14.7 Å². The van der Waals surface area contributed by atoms with Crippen LogP contribution in [-0.2, 0) is 4.57 Å². The second-order valence-corrected chi connectivity index (χ2v) is 1.54. The van der Waals surface area contributed by atoms with Gasteiger partial charge in [-0.2, -0.15) is 0 Å². The summed E-state index contributed by atoms with van der Waals surface area (Å²) in [7, 11) is -4.64. The fourth-order valence-electron chi connectivity index (χ4n) is 0. The van der Waals surface area contributed by atoms with Crippen LogP contribution in [0.2, 0.25) is 0 Å². The van der Waals surface area contributed by atoms with E-state index in [0.29, 0.717) is 0 Å². The molecule has 0 radical (unpaired) electrons. The molecule has 0 rings (SSSR count). The van der Waals surface area contributed by atoms with Crippen molar-refractivity contribution in [3.63, 3.8) is 0 Å². The van der Waals surface area contributed by atoms with Gasteiger partial charge >= 0.3 is 99.3 Å². The van der Waals surface area contributed by atoms with Crippen LogP contribution in [0.15, 0.2) is 0 Å². The molecule has 0 unspecified atom stereocenters. The minimum absolute atomic E-state index is 0. The zero-order chi connectivity index (χ0) is 4.50. The summed E-state index contributed by atoms with van der Waals surface area (Å²) in [6, 6.07) is 0. The second kappa shape index (κ2) is 10.1. The van der Waals surface area contributed by atoms with E-state index in [9.17, 15) is 0 Å². The molecular weight excluding hydrogens is 164 g/mol. The monoisotopic (exact) mass is 170 g/mol. The van der Waals surface area contributed by atoms with Gasteiger partial charge in [0.05, 0.1) is 0 Å². The Morgan fingerprint density at radius 1 is 1.12 bits per heavy atom. The minimum atomic E-state index is -4.64. The first-order chi connectivity index (χ1) is 2.00. The standard InChI is InChI=1S/3Na.H3O4P.H/c;;;1-5(2,3)4;/h;;;(H3,1,2,3,4);/q3*+1;;-1/p+2. The van der Waals surface area contributed by atoms with Gasteiger partial charge in [0.15, 0.2) is 0 Å². The Labute approximate surface area is 118 Å². The Bertz CT molecular complexity index is 66.7. The topological polar surface area (TPSA) is 77.8 Å². The van der Waals surface area contributed by atoms with Gasteiger partial charge in [-0.25, -0.2) is 4.57 Å². The zero-order valence-electron chi connectivity index (χ0n) is 8.20. The number of rotatable bonds is 0. The quantitative estimate of drug-likeness (QED) is 0.249. The molecule has 0 aliphatic rings. The van der Waals surface area contributed by atoms with Crippen LogP contribution < -0.4 is 88.7 Å². The summed E-state index contributed by atoms with van der Waals surface area (Å²) >= 11 is 0. The minimum Gasteiger partial charge on any atom is -1.00 e. The number of hydrogen-bond acceptors (Lipinski definition) is 1. The first kappa shape index (κ1) is 22.5. The zero-order valence-corrected chi connectivity index (χ0v) is 12.1. The van der Waals surface area contributed by atoms with Gasteiger partial charge in [-0.15, -0.1) is 0 Å². The van der Waals surface area contributed by atoms with E-state index in [2.05, 4.69) is 0 Å². The molecule has 0 spiro atoms. The summed E-state index contributed by atoms with van der Waals surface area (Å²) in [6.45, 7) is 0. The van der Waals surface area contributed by atoms with E-state index < -0.39 is 7.82 Å². The summed E-state index contributed by atoms with van der Waals surface area (Å²) in [5, 5.41) is 0. The maximum absolute atomic E-state index is 8.88. The Morgan fingerprint density at radius 2 is 1.12 bits per heavy atom. The molecule has 4 nitrogen and oxygen atoms in total. The van der Waals surface area contributed by atoms with E-state index in [0.717, 1.165) is 0 Å². The summed E-state index contributed by atoms with van der Waals surface area (Å²) in [6.07, 6.45) is 0. The van der Waals surface area contributed by atoms with Crippen LogP contribution in [0, 0.1) is 0 Å². The van der Waals surface area contributed by atoms with Crippen molar-refractivity contribution in [2.45, 2.75) is 0 Å². The van der Waals surface area contributed by atoms with Crippen molar-refractivity contribution >= 4 is 7.82 Å². The molecule has 0 aliphatic heterocycles. The summed E-state index contributed by atoms with van der Waals surface area (Å²) in [5.41, 5.74) is 0. The van der Waals surface area contributed by atoms with Gasteiger partial charge in [0.25, 0.3) is 0 Å². The molecule has 0 saturated heterocycles. The Balaban J connectivity index is -0.00000000533. The maximum atomic E-state index is 8.88. The molecule has 3 N–H and O–H groups in total. The molecule has 0 aromatic heterocycles. The average Bonchev–Trinajstić information content (AvgIpc) is 0.722. The molecule has 0 amide bonds. The molecule has 0 aliphatic carbocycles. The smallest absolute Gasteiger partial charge is 1.00 e. The van der Waals surface area contributed by atoms with E-state index in [1.165, 1.54) is 0 Å². The van der Waals surface area contributed by atoms with Crippen LogP contribution in [0.3, 0.4) is 0 Å². The maximum Gasteiger partial charge on any atom is 1.00 e. The molecule has 0 aromatic carbocycles. The predicted molar refractivity (Wildman–Crippen MR) is 17.6 cm³/mol. The van der Waals surface area contributed by atoms with E-state index in [4.69, 9.17) is 19.2 Å². The Kier molecular flexibility index (Phi) is 28.4. The van der Waals surface area contributed by atoms with Crippen molar-refractivity contribution < 1.29 is 112 Å². The molecule has 0 saturated carbocycles. The SMILES string of the molecule is O=P(O)(O)O.[H+].[H+].[H-].[Na+].[Na+].[Na+]. The van der Waals surface area contributed by atoms with Gasteiger partial charge in [-0.05, 0) is 0 Å². The summed E-state index contributed by atoms with van der Waals surface area (Å²) in [5.74, 6) is 0. The molecule has 0 heterocycles. The normalized spacial score (nSPS) is 7.38. The number of hydrogen-bond donors (Lipinski definition) is 3. The molecule has 0 atom stereocenters. The van der Waals surface area contributed by atoms with Gasteiger partial charge in [0.2, 0.25) is 0 Å². The average molecular weight is 170 g/mol. The fourth-order valence-corrected chi connectivity index (χ4v) is 0. The van der Waals surface area contributed by atoms with Gasteiger partial charge in [-0.3, -0.25) is 0 Å². The molecule has 0 fully saturated rings. The van der Waals surface area contributed by atoms with Crippen molar-refractivity contribution in [1.82, 2.24) is 0 Å². The summed E-state index contributed by atoms with van der Waals surface area (Å²) < 4.78 is 8.88. The van der Waals surface area contributed by atoms with Gasteiger partial charge in [0, 0.05) is 0 Å². The van der Waals surface area contributed by atoms with Crippen molar-refractivity contribution in [3.8, 4) is 0 Å². The van der Waals surface area contributed by atoms with E-state index >= 15 is 0 Å². The third kappa shape index (κ3) is 61.9. The predicted octanol–water partition coefficient (Wildman–Crippen LogP) is -9.58. The number of phosphoric acid groups is 1. The molecular formula is H6Na3O4P+4. The van der Waals surface area contributed by atoms with Crippen LogP contribution in [0.5, 0.6) is 0 Å². The van der Waals surface area contributed by atoms with Crippen LogP contribution >= 0.6 is 7.82 Å². The largest absolute Gasteiger partial charge is 1.00 e. The Morgan fingerprint density at radius 3 is 1.12 bits per heavy atom. The van der Waals surface area contributed by atoms with E-state index in [1.807, 2.05) is 0 Å². The molecule has 8 heavy (non-hydrogen) atoms. The van der Waals surface area contributed by atoms with Crippen molar-refractivity contribution in [3.05, 3.63) is 0 Å². The van der Waals surface area contributed by atoms with Gasteiger partial charge < -0.3 is 16.1 Å². The molecule has 0 bridgehead atoms. The first-order valence-corrected chi connectivity index (χ1v) is 2.35. The first-order valence-electron chi connectivity index (χ1n) is 0.783. The van der Waals surface area contributed by atoms with Crippen LogP contribution in [0.4, 0.5) is 0 Å². The van der Waals surface area contributed by atoms with E-state index in [-0.39, 0.29) is 93.0 Å². The van der Waals surface area contributed by atoms with Crippen LogP contribution in [0.1, 0.15) is 4.28 Å². The van der Waals surface area contributed by atoms with Gasteiger partial charge in [-0.1, -0.05) is 0 Å². The third-order valence-corrected chi connectivity index (χ3v) is 0. The fraction of sp³-hybridized carbons (Fsp3) is 0. The second-order valence-electron chi connectivity index (χ2n) is 0.513. The molecule has 8 heteroatoms. The van der Waals surface area contributed by atoms with E-state index in [1.54, 1.807) is 0 Å². The Hall–Kier alpha value is 3.11. The molecule has 34 valence electrons. The van der Waals surface area contributed by atoms with Crippen molar-refractivity contribution in [2.24, 2.45) is 0 Å². The van der Waals surface area contributed by atoms with Crippen LogP contribution in [0.25, 0.3) is 0 Å². The van der Waals surface area contributed by atoms with Gasteiger partial charge in [0.1, 0.15) is 0 Å². The molecule has 0 aromatic rings.